The standard InChI is InChI=1S/C21H25N3O2S2/c25-28(26,22-14-6-10-17-8-2-1-3-9-17)20-16-24(18-11-4-5-12-18)23-21(20)19-13-7-15-27-19/h1-3,7-9,13,15-16,18,22H,4-6,10-12,14H2. The Labute approximate surface area is 170 Å². The van der Waals surface area contributed by atoms with E-state index >= 15 is 0 Å². The van der Waals surface area contributed by atoms with Gasteiger partial charge in [-0.05, 0) is 42.7 Å². The molecule has 1 aromatic carbocycles. The third kappa shape index (κ3) is 4.37. The Kier molecular flexibility index (Phi) is 5.94. The van der Waals surface area contributed by atoms with Crippen molar-refractivity contribution in [1.29, 1.82) is 0 Å². The van der Waals surface area contributed by atoms with Gasteiger partial charge >= 0.3 is 0 Å². The second kappa shape index (κ2) is 8.59. The van der Waals surface area contributed by atoms with Crippen molar-refractivity contribution in [3.05, 3.63) is 59.6 Å². The summed E-state index contributed by atoms with van der Waals surface area (Å²) in [6.07, 6.45) is 7.82. The molecular weight excluding hydrogens is 390 g/mol. The summed E-state index contributed by atoms with van der Waals surface area (Å²) in [7, 11) is -3.61. The third-order valence-corrected chi connectivity index (χ3v) is 7.56. The molecule has 0 unspecified atom stereocenters. The monoisotopic (exact) mass is 415 g/mol. The van der Waals surface area contributed by atoms with E-state index in [-0.39, 0.29) is 0 Å². The fourth-order valence-corrected chi connectivity index (χ4v) is 5.74. The molecule has 0 atom stereocenters. The van der Waals surface area contributed by atoms with Crippen LogP contribution >= 0.6 is 11.3 Å². The number of nitrogens with one attached hydrogen (secondary N) is 1. The van der Waals surface area contributed by atoms with E-state index in [2.05, 4.69) is 22.0 Å². The minimum atomic E-state index is -3.61. The maximum Gasteiger partial charge on any atom is 0.244 e. The third-order valence-electron chi connectivity index (χ3n) is 5.22. The highest BCUT2D eigenvalue weighted by molar-refractivity contribution is 7.89. The van der Waals surface area contributed by atoms with Gasteiger partial charge in [0.05, 0.1) is 10.9 Å². The van der Waals surface area contributed by atoms with Crippen LogP contribution in [0.4, 0.5) is 0 Å². The fourth-order valence-electron chi connectivity index (χ4n) is 3.73. The zero-order valence-electron chi connectivity index (χ0n) is 15.8. The van der Waals surface area contributed by atoms with Crippen molar-refractivity contribution in [2.45, 2.75) is 49.5 Å². The van der Waals surface area contributed by atoms with Crippen molar-refractivity contribution in [2.75, 3.05) is 6.54 Å². The van der Waals surface area contributed by atoms with Gasteiger partial charge in [-0.3, -0.25) is 4.68 Å². The molecule has 1 N–H and O–H groups in total. The van der Waals surface area contributed by atoms with Crippen LogP contribution < -0.4 is 4.72 Å². The lowest BCUT2D eigenvalue weighted by molar-refractivity contribution is 0.467. The van der Waals surface area contributed by atoms with E-state index < -0.39 is 10.0 Å². The molecule has 1 aliphatic rings. The van der Waals surface area contributed by atoms with E-state index in [1.165, 1.54) is 29.7 Å². The van der Waals surface area contributed by atoms with Crippen molar-refractivity contribution in [2.24, 2.45) is 0 Å². The molecule has 0 aliphatic heterocycles. The highest BCUT2D eigenvalue weighted by Gasteiger charge is 2.27. The van der Waals surface area contributed by atoms with Crippen molar-refractivity contribution in [1.82, 2.24) is 14.5 Å². The first-order chi connectivity index (χ1) is 13.6. The van der Waals surface area contributed by atoms with Crippen LogP contribution in [-0.4, -0.2) is 24.7 Å². The van der Waals surface area contributed by atoms with E-state index in [1.54, 1.807) is 6.20 Å². The van der Waals surface area contributed by atoms with Crippen LogP contribution in [0.25, 0.3) is 10.6 Å². The van der Waals surface area contributed by atoms with Gasteiger partial charge in [-0.1, -0.05) is 49.2 Å². The average molecular weight is 416 g/mol. The number of aryl methyl sites for hydroxylation is 1. The summed E-state index contributed by atoms with van der Waals surface area (Å²) in [5.74, 6) is 0. The molecule has 0 radical (unpaired) electrons. The van der Waals surface area contributed by atoms with Gasteiger partial charge in [-0.2, -0.15) is 5.10 Å². The Morgan fingerprint density at radius 2 is 1.89 bits per heavy atom. The molecular formula is C21H25N3O2S2. The molecule has 0 bridgehead atoms. The van der Waals surface area contributed by atoms with Crippen molar-refractivity contribution >= 4 is 21.4 Å². The molecule has 3 aromatic rings. The molecule has 2 aromatic heterocycles. The van der Waals surface area contributed by atoms with E-state index in [0.717, 1.165) is 30.6 Å². The molecule has 1 saturated carbocycles. The van der Waals surface area contributed by atoms with E-state index in [1.807, 2.05) is 40.4 Å². The Morgan fingerprint density at radius 1 is 1.11 bits per heavy atom. The second-order valence-corrected chi connectivity index (χ2v) is 9.91. The average Bonchev–Trinajstić information content (AvgIpc) is 3.46. The molecule has 2 heterocycles. The molecule has 4 rings (SSSR count). The van der Waals surface area contributed by atoms with Crippen molar-refractivity contribution < 1.29 is 8.42 Å². The number of rotatable bonds is 8. The number of benzene rings is 1. The highest BCUT2D eigenvalue weighted by atomic mass is 32.2. The van der Waals surface area contributed by atoms with Gasteiger partial charge in [-0.25, -0.2) is 13.1 Å². The quantitative estimate of drug-likeness (QED) is 0.545. The summed E-state index contributed by atoms with van der Waals surface area (Å²) in [5, 5.41) is 6.64. The first kappa shape index (κ1) is 19.4. The molecule has 7 heteroatoms. The van der Waals surface area contributed by atoms with Gasteiger partial charge in [0.15, 0.2) is 0 Å². The minimum Gasteiger partial charge on any atom is -0.268 e. The van der Waals surface area contributed by atoms with Crippen LogP contribution in [0, 0.1) is 0 Å². The first-order valence-corrected chi connectivity index (χ1v) is 12.2. The topological polar surface area (TPSA) is 64.0 Å². The van der Waals surface area contributed by atoms with Crippen LogP contribution in [0.3, 0.4) is 0 Å². The SMILES string of the molecule is O=S(=O)(NCCCc1ccccc1)c1cn(C2CCCC2)nc1-c1cccs1. The zero-order valence-corrected chi connectivity index (χ0v) is 17.4. The highest BCUT2D eigenvalue weighted by Crippen LogP contribution is 2.34. The number of aromatic nitrogens is 2. The van der Waals surface area contributed by atoms with Crippen LogP contribution in [0.2, 0.25) is 0 Å². The largest absolute Gasteiger partial charge is 0.268 e. The molecule has 1 fully saturated rings. The Morgan fingerprint density at radius 3 is 2.61 bits per heavy atom. The fraction of sp³-hybridized carbons (Fsp3) is 0.381. The number of sulfonamides is 1. The van der Waals surface area contributed by atoms with Gasteiger partial charge < -0.3 is 0 Å². The van der Waals surface area contributed by atoms with Crippen LogP contribution in [0.1, 0.15) is 43.7 Å². The molecule has 28 heavy (non-hydrogen) atoms. The van der Waals surface area contributed by atoms with Crippen molar-refractivity contribution in [3.8, 4) is 10.6 Å². The Balaban J connectivity index is 1.50. The molecule has 0 saturated heterocycles. The summed E-state index contributed by atoms with van der Waals surface area (Å²) in [5.41, 5.74) is 1.78. The lowest BCUT2D eigenvalue weighted by Crippen LogP contribution is -2.25. The summed E-state index contributed by atoms with van der Waals surface area (Å²) < 4.78 is 30.7. The van der Waals surface area contributed by atoms with Crippen LogP contribution in [-0.2, 0) is 16.4 Å². The van der Waals surface area contributed by atoms with Crippen LogP contribution in [0.5, 0.6) is 0 Å². The first-order valence-electron chi connectivity index (χ1n) is 9.80. The molecule has 0 amide bonds. The second-order valence-electron chi connectivity index (χ2n) is 7.22. The smallest absolute Gasteiger partial charge is 0.244 e. The van der Waals surface area contributed by atoms with Crippen LogP contribution in [0.15, 0.2) is 58.9 Å². The predicted molar refractivity (Wildman–Crippen MR) is 113 cm³/mol. The number of hydrogen-bond donors (Lipinski definition) is 1. The minimum absolute atomic E-state index is 0.293. The Hall–Kier alpha value is -1.96. The van der Waals surface area contributed by atoms with E-state index in [4.69, 9.17) is 0 Å². The number of nitrogens with zero attached hydrogens (tertiary/aromatic N) is 2. The Bertz CT molecular complexity index is 990. The molecule has 0 spiro atoms. The number of thiophene rings is 1. The van der Waals surface area contributed by atoms with Gasteiger partial charge in [0, 0.05) is 12.7 Å². The summed E-state index contributed by atoms with van der Waals surface area (Å²) in [4.78, 5) is 1.18. The van der Waals surface area contributed by atoms with Gasteiger partial charge in [-0.15, -0.1) is 11.3 Å². The van der Waals surface area contributed by atoms with Gasteiger partial charge in [0.1, 0.15) is 10.6 Å². The van der Waals surface area contributed by atoms with Gasteiger partial charge in [0.2, 0.25) is 10.0 Å². The summed E-state index contributed by atoms with van der Waals surface area (Å²) >= 11 is 1.52. The zero-order chi connectivity index (χ0) is 19.4. The van der Waals surface area contributed by atoms with E-state index in [0.29, 0.717) is 23.2 Å². The van der Waals surface area contributed by atoms with E-state index in [9.17, 15) is 8.42 Å². The predicted octanol–water partition coefficient (Wildman–Crippen LogP) is 4.64. The normalized spacial score (nSPS) is 15.3. The lowest BCUT2D eigenvalue weighted by atomic mass is 10.1. The summed E-state index contributed by atoms with van der Waals surface area (Å²) in [6.45, 7) is 0.412. The molecule has 5 nitrogen and oxygen atoms in total. The maximum absolute atomic E-state index is 13.0. The molecule has 148 valence electrons. The summed E-state index contributed by atoms with van der Waals surface area (Å²) in [6, 6.07) is 14.3. The number of hydrogen-bond acceptors (Lipinski definition) is 4. The molecule has 1 aliphatic carbocycles. The van der Waals surface area contributed by atoms with Crippen molar-refractivity contribution in [3.63, 3.8) is 0 Å². The lowest BCUT2D eigenvalue weighted by Gasteiger charge is -2.08. The maximum atomic E-state index is 13.0. The van der Waals surface area contributed by atoms with Gasteiger partial charge in [0.25, 0.3) is 0 Å².